The second-order valence-corrected chi connectivity index (χ2v) is 7.34. The third-order valence-corrected chi connectivity index (χ3v) is 5.74. The van der Waals surface area contributed by atoms with Crippen LogP contribution in [-0.2, 0) is 13.0 Å². The number of carbonyl (C=O) groups is 1. The Labute approximate surface area is 135 Å². The molecule has 6 heteroatoms. The fourth-order valence-electron chi connectivity index (χ4n) is 3.02. The third-order valence-electron chi connectivity index (χ3n) is 4.29. The van der Waals surface area contributed by atoms with Gasteiger partial charge in [-0.3, -0.25) is 9.69 Å². The molecule has 0 aromatic carbocycles. The van der Waals surface area contributed by atoms with Gasteiger partial charge < -0.3 is 9.32 Å². The van der Waals surface area contributed by atoms with Crippen LogP contribution in [0.5, 0.6) is 0 Å². The lowest BCUT2D eigenvalue weighted by Crippen LogP contribution is -2.61. The number of hydrogen-bond donors (Lipinski definition) is 0. The summed E-state index contributed by atoms with van der Waals surface area (Å²) in [5, 5.41) is 2.18. The van der Waals surface area contributed by atoms with Gasteiger partial charge in [0.1, 0.15) is 0 Å². The Morgan fingerprint density at radius 3 is 2.95 bits per heavy atom. The molecule has 0 aliphatic carbocycles. The molecule has 0 N–H and O–H groups in total. The number of furan rings is 1. The van der Waals surface area contributed by atoms with Gasteiger partial charge in [0.05, 0.1) is 0 Å². The summed E-state index contributed by atoms with van der Waals surface area (Å²) in [6.45, 7) is 3.73. The van der Waals surface area contributed by atoms with E-state index in [1.807, 2.05) is 16.2 Å². The van der Waals surface area contributed by atoms with Crippen molar-refractivity contribution in [2.24, 2.45) is 0 Å². The lowest BCUT2D eigenvalue weighted by Gasteiger charge is -2.46. The summed E-state index contributed by atoms with van der Waals surface area (Å²) >= 11 is 5.09. The predicted molar refractivity (Wildman–Crippen MR) is 84.5 cm³/mol. The molecule has 0 radical (unpaired) electrons. The van der Waals surface area contributed by atoms with E-state index in [4.69, 9.17) is 4.42 Å². The van der Waals surface area contributed by atoms with E-state index in [2.05, 4.69) is 32.3 Å². The van der Waals surface area contributed by atoms with Gasteiger partial charge in [-0.2, -0.15) is 0 Å². The minimum atomic E-state index is -0.00909. The number of hydrogen-bond acceptors (Lipinski definition) is 4. The highest BCUT2D eigenvalue weighted by Crippen LogP contribution is 2.28. The Morgan fingerprint density at radius 2 is 2.19 bits per heavy atom. The molecule has 0 atom stereocenters. The molecule has 0 bridgehead atoms. The van der Waals surface area contributed by atoms with E-state index in [1.165, 1.54) is 10.4 Å². The summed E-state index contributed by atoms with van der Waals surface area (Å²) in [7, 11) is 0. The summed E-state index contributed by atoms with van der Waals surface area (Å²) in [6.07, 6.45) is 1.14. The maximum Gasteiger partial charge on any atom is 0.289 e. The zero-order valence-corrected chi connectivity index (χ0v) is 13.8. The van der Waals surface area contributed by atoms with E-state index in [1.54, 1.807) is 12.1 Å². The van der Waals surface area contributed by atoms with Crippen molar-refractivity contribution in [3.05, 3.63) is 44.4 Å². The summed E-state index contributed by atoms with van der Waals surface area (Å²) < 4.78 is 5.93. The highest BCUT2D eigenvalue weighted by molar-refractivity contribution is 9.10. The molecule has 2 aromatic rings. The largest absolute Gasteiger partial charge is 0.444 e. The first-order chi connectivity index (χ1) is 10.2. The molecule has 0 unspecified atom stereocenters. The zero-order valence-electron chi connectivity index (χ0n) is 11.4. The predicted octanol–water partition coefficient (Wildman–Crippen LogP) is 2.99. The summed E-state index contributed by atoms with van der Waals surface area (Å²) in [6, 6.07) is 6.19. The third kappa shape index (κ3) is 2.45. The molecular formula is C15H15BrN2O2S. The van der Waals surface area contributed by atoms with Crippen LogP contribution in [0, 0.1) is 0 Å². The lowest BCUT2D eigenvalue weighted by molar-refractivity contribution is 0.0197. The van der Waals surface area contributed by atoms with Crippen LogP contribution in [0.2, 0.25) is 0 Å². The highest BCUT2D eigenvalue weighted by Gasteiger charge is 2.37. The van der Waals surface area contributed by atoms with Gasteiger partial charge in [0.2, 0.25) is 0 Å². The summed E-state index contributed by atoms with van der Waals surface area (Å²) in [4.78, 5) is 18.1. The number of fused-ring (bicyclic) bond motifs is 1. The number of likely N-dealkylation sites (tertiary alicyclic amines) is 1. The molecule has 2 aliphatic rings. The van der Waals surface area contributed by atoms with Gasteiger partial charge in [-0.05, 0) is 51.5 Å². The van der Waals surface area contributed by atoms with Crippen molar-refractivity contribution in [1.82, 2.24) is 9.80 Å². The van der Waals surface area contributed by atoms with E-state index in [9.17, 15) is 4.79 Å². The van der Waals surface area contributed by atoms with Crippen LogP contribution in [0.1, 0.15) is 21.0 Å². The molecule has 4 nitrogen and oxygen atoms in total. The Morgan fingerprint density at radius 1 is 1.33 bits per heavy atom. The van der Waals surface area contributed by atoms with E-state index in [-0.39, 0.29) is 5.91 Å². The van der Waals surface area contributed by atoms with Gasteiger partial charge in [0, 0.05) is 37.1 Å². The second-order valence-electron chi connectivity index (χ2n) is 5.56. The Balaban J connectivity index is 1.36. The van der Waals surface area contributed by atoms with Crippen LogP contribution in [-0.4, -0.2) is 41.4 Å². The van der Waals surface area contributed by atoms with Gasteiger partial charge in [-0.1, -0.05) is 0 Å². The maximum absolute atomic E-state index is 12.2. The van der Waals surface area contributed by atoms with Crippen molar-refractivity contribution in [2.45, 2.75) is 19.0 Å². The number of carbonyl (C=O) groups excluding carboxylic acids is 1. The first-order valence-corrected chi connectivity index (χ1v) is 8.72. The van der Waals surface area contributed by atoms with Crippen LogP contribution in [0.4, 0.5) is 0 Å². The lowest BCUT2D eigenvalue weighted by atomic mass is 10.0. The van der Waals surface area contributed by atoms with Crippen LogP contribution >= 0.6 is 27.3 Å². The first-order valence-electron chi connectivity index (χ1n) is 7.04. The van der Waals surface area contributed by atoms with Crippen molar-refractivity contribution < 1.29 is 9.21 Å². The molecular weight excluding hydrogens is 352 g/mol. The molecule has 1 amide bonds. The van der Waals surface area contributed by atoms with Gasteiger partial charge in [-0.25, -0.2) is 0 Å². The van der Waals surface area contributed by atoms with Crippen LogP contribution < -0.4 is 0 Å². The minimum absolute atomic E-state index is 0.00909. The van der Waals surface area contributed by atoms with Gasteiger partial charge in [0.25, 0.3) is 5.91 Å². The molecule has 1 fully saturated rings. The number of amides is 1. The smallest absolute Gasteiger partial charge is 0.289 e. The number of rotatable bonds is 2. The Kier molecular flexibility index (Phi) is 3.40. The van der Waals surface area contributed by atoms with E-state index in [0.29, 0.717) is 16.5 Å². The summed E-state index contributed by atoms with van der Waals surface area (Å²) in [5.41, 5.74) is 1.46. The van der Waals surface area contributed by atoms with Crippen molar-refractivity contribution in [3.8, 4) is 0 Å². The van der Waals surface area contributed by atoms with Crippen LogP contribution in [0.25, 0.3) is 0 Å². The maximum atomic E-state index is 12.2. The molecule has 1 saturated heterocycles. The molecule has 4 heterocycles. The topological polar surface area (TPSA) is 36.7 Å². The normalized spacial score (nSPS) is 19.4. The van der Waals surface area contributed by atoms with Crippen LogP contribution in [0.3, 0.4) is 0 Å². The minimum Gasteiger partial charge on any atom is -0.444 e. The van der Waals surface area contributed by atoms with E-state index in [0.717, 1.165) is 32.6 Å². The molecule has 4 rings (SSSR count). The van der Waals surface area contributed by atoms with Gasteiger partial charge >= 0.3 is 0 Å². The molecule has 0 spiro atoms. The molecule has 2 aliphatic heterocycles. The summed E-state index contributed by atoms with van der Waals surface area (Å²) in [5.74, 6) is 0.407. The number of thiophene rings is 1. The fraction of sp³-hybridized carbons (Fsp3) is 0.400. The standard InChI is InChI=1S/C15H15BrN2O2S/c16-14-2-1-12(20-14)15(19)18-8-11(9-18)17-5-3-13-10(7-17)4-6-21-13/h1-2,4,6,11H,3,5,7-9H2. The van der Waals surface area contributed by atoms with Crippen molar-refractivity contribution in [1.29, 1.82) is 0 Å². The monoisotopic (exact) mass is 366 g/mol. The molecule has 0 saturated carbocycles. The first kappa shape index (κ1) is 13.5. The molecule has 2 aromatic heterocycles. The zero-order chi connectivity index (χ0) is 14.4. The molecule has 21 heavy (non-hydrogen) atoms. The van der Waals surface area contributed by atoms with Crippen LogP contribution in [0.15, 0.2) is 32.7 Å². The van der Waals surface area contributed by atoms with Crippen molar-refractivity contribution in [3.63, 3.8) is 0 Å². The average molecular weight is 367 g/mol. The Bertz CT molecular complexity index is 675. The Hall–Kier alpha value is -1.11. The quantitative estimate of drug-likeness (QED) is 0.819. The van der Waals surface area contributed by atoms with Gasteiger partial charge in [-0.15, -0.1) is 11.3 Å². The number of halogens is 1. The van der Waals surface area contributed by atoms with Gasteiger partial charge in [0.15, 0.2) is 10.4 Å². The second kappa shape index (κ2) is 5.26. The average Bonchev–Trinajstić information content (AvgIpc) is 3.04. The van der Waals surface area contributed by atoms with Crippen molar-refractivity contribution in [2.75, 3.05) is 19.6 Å². The van der Waals surface area contributed by atoms with E-state index < -0.39 is 0 Å². The van der Waals surface area contributed by atoms with Crippen molar-refractivity contribution >= 4 is 33.2 Å². The fourth-order valence-corrected chi connectivity index (χ4v) is 4.22. The highest BCUT2D eigenvalue weighted by atomic mass is 79.9. The molecule has 110 valence electrons. The van der Waals surface area contributed by atoms with E-state index >= 15 is 0 Å². The SMILES string of the molecule is O=C(c1ccc(Br)o1)N1CC(N2CCc3sccc3C2)C1. The number of nitrogens with zero attached hydrogens (tertiary/aromatic N) is 2.